The summed E-state index contributed by atoms with van der Waals surface area (Å²) in [5, 5.41) is 0.0528. The first kappa shape index (κ1) is 15.6. The minimum atomic E-state index is -4.48. The first-order valence-corrected chi connectivity index (χ1v) is 6.30. The first-order valence-electron chi connectivity index (χ1n) is 5.92. The van der Waals surface area contributed by atoms with Crippen molar-refractivity contribution in [2.75, 3.05) is 0 Å². The second kappa shape index (κ2) is 5.51. The number of esters is 1. The van der Waals surface area contributed by atoms with Crippen LogP contribution in [0, 0.1) is 0 Å². The zero-order chi connectivity index (χ0) is 15.8. The highest BCUT2D eigenvalue weighted by atomic mass is 35.5. The number of pyridine rings is 1. The number of hydrogen-bond donors (Lipinski definition) is 0. The number of alkyl halides is 3. The summed E-state index contributed by atoms with van der Waals surface area (Å²) in [6.07, 6.45) is -3.21. The number of imidazole rings is 1. The lowest BCUT2D eigenvalue weighted by molar-refractivity contribution is -0.163. The van der Waals surface area contributed by atoms with Crippen molar-refractivity contribution in [1.82, 2.24) is 14.5 Å². The molecule has 0 N–H and O–H groups in total. The minimum Gasteiger partial charge on any atom is -0.458 e. The van der Waals surface area contributed by atoms with Crippen LogP contribution in [0.5, 0.6) is 0 Å². The number of fused-ring (bicyclic) bond motifs is 1. The molecule has 0 aliphatic carbocycles. The molecule has 2 rings (SSSR count). The van der Waals surface area contributed by atoms with Crippen LogP contribution in [0.4, 0.5) is 13.2 Å². The Morgan fingerprint density at radius 3 is 2.76 bits per heavy atom. The predicted octanol–water partition coefficient (Wildman–Crippen LogP) is 3.27. The van der Waals surface area contributed by atoms with Gasteiger partial charge in [-0.3, -0.25) is 4.79 Å². The van der Waals surface area contributed by atoms with Gasteiger partial charge in [0.25, 0.3) is 0 Å². The van der Waals surface area contributed by atoms with Crippen LogP contribution in [0.15, 0.2) is 12.3 Å². The number of nitrogens with zero attached hydrogens (tertiary/aromatic N) is 3. The summed E-state index contributed by atoms with van der Waals surface area (Å²) >= 11 is 5.73. The third kappa shape index (κ3) is 3.26. The van der Waals surface area contributed by atoms with Gasteiger partial charge in [0.05, 0.1) is 11.7 Å². The molecule has 0 bridgehead atoms. The van der Waals surface area contributed by atoms with Crippen LogP contribution in [-0.2, 0) is 16.1 Å². The molecule has 2 aromatic heterocycles. The number of carbonyl (C=O) groups excluding carboxylic acids is 1. The zero-order valence-electron chi connectivity index (χ0n) is 11.1. The molecule has 5 nitrogen and oxygen atoms in total. The highest BCUT2D eigenvalue weighted by Crippen LogP contribution is 2.34. The lowest BCUT2D eigenvalue weighted by atomic mass is 10.3. The van der Waals surface area contributed by atoms with Gasteiger partial charge in [-0.1, -0.05) is 11.6 Å². The van der Waals surface area contributed by atoms with Gasteiger partial charge >= 0.3 is 12.1 Å². The average Bonchev–Trinajstić information content (AvgIpc) is 2.71. The van der Waals surface area contributed by atoms with Gasteiger partial charge in [-0.2, -0.15) is 13.2 Å². The van der Waals surface area contributed by atoms with Crippen molar-refractivity contribution in [3.05, 3.63) is 23.2 Å². The predicted molar refractivity (Wildman–Crippen MR) is 68.8 cm³/mol. The van der Waals surface area contributed by atoms with Crippen LogP contribution in [0.25, 0.3) is 11.0 Å². The van der Waals surface area contributed by atoms with Gasteiger partial charge in [0.15, 0.2) is 0 Å². The van der Waals surface area contributed by atoms with E-state index < -0.39 is 18.2 Å². The Kier molecular flexibility index (Phi) is 4.08. The van der Waals surface area contributed by atoms with Crippen LogP contribution in [-0.4, -0.2) is 26.7 Å². The molecule has 0 saturated heterocycles. The van der Waals surface area contributed by atoms with E-state index in [0.29, 0.717) is 0 Å². The third-order valence-electron chi connectivity index (χ3n) is 2.88. The highest BCUT2D eigenvalue weighted by Gasteiger charge is 2.39. The second-order valence-electron chi connectivity index (χ2n) is 4.39. The fourth-order valence-electron chi connectivity index (χ4n) is 1.87. The van der Waals surface area contributed by atoms with Crippen LogP contribution in [0.3, 0.4) is 0 Å². The molecule has 9 heteroatoms. The molecule has 114 valence electrons. The number of carbonyl (C=O) groups is 1. The molecule has 0 aliphatic rings. The van der Waals surface area contributed by atoms with E-state index in [-0.39, 0.29) is 28.6 Å². The van der Waals surface area contributed by atoms with Crippen molar-refractivity contribution < 1.29 is 22.7 Å². The number of halogens is 4. The SMILES string of the molecule is CC(=O)OCc1nc2cnc(Cl)cc2n1[C@H](C)C(F)(F)F. The van der Waals surface area contributed by atoms with E-state index in [1.807, 2.05) is 0 Å². The highest BCUT2D eigenvalue weighted by molar-refractivity contribution is 6.29. The largest absolute Gasteiger partial charge is 0.458 e. The van der Waals surface area contributed by atoms with Crippen LogP contribution in [0.2, 0.25) is 5.15 Å². The quantitative estimate of drug-likeness (QED) is 0.643. The number of rotatable bonds is 3. The fraction of sp³-hybridized carbons (Fsp3) is 0.417. The van der Waals surface area contributed by atoms with Crippen molar-refractivity contribution in [2.24, 2.45) is 0 Å². The summed E-state index contributed by atoms with van der Waals surface area (Å²) in [6, 6.07) is -0.546. The van der Waals surface area contributed by atoms with Gasteiger partial charge in [0.2, 0.25) is 0 Å². The standard InChI is InChI=1S/C12H11ClF3N3O2/c1-6(12(14,15)16)19-9-3-10(13)17-4-8(9)18-11(19)5-21-7(2)20/h3-4,6H,5H2,1-2H3/t6-/m1/s1. The van der Waals surface area contributed by atoms with Crippen molar-refractivity contribution in [3.63, 3.8) is 0 Å². The second-order valence-corrected chi connectivity index (χ2v) is 4.78. The van der Waals surface area contributed by atoms with Crippen molar-refractivity contribution >= 4 is 28.6 Å². The van der Waals surface area contributed by atoms with Gasteiger partial charge < -0.3 is 9.30 Å². The topological polar surface area (TPSA) is 57.0 Å². The van der Waals surface area contributed by atoms with Crippen molar-refractivity contribution in [2.45, 2.75) is 32.7 Å². The monoisotopic (exact) mass is 321 g/mol. The maximum absolute atomic E-state index is 13.0. The molecule has 2 aromatic rings. The fourth-order valence-corrected chi connectivity index (χ4v) is 2.02. The molecular formula is C12H11ClF3N3O2. The van der Waals surface area contributed by atoms with Crippen LogP contribution < -0.4 is 0 Å². The summed E-state index contributed by atoms with van der Waals surface area (Å²) in [4.78, 5) is 18.7. The molecule has 0 aromatic carbocycles. The molecule has 0 radical (unpaired) electrons. The first-order chi connectivity index (χ1) is 9.70. The van der Waals surface area contributed by atoms with Crippen molar-refractivity contribution in [1.29, 1.82) is 0 Å². The summed E-state index contributed by atoms with van der Waals surface area (Å²) in [5.41, 5.74) is 0.430. The van der Waals surface area contributed by atoms with Gasteiger partial charge in [-0.05, 0) is 6.92 Å². The van der Waals surface area contributed by atoms with Crippen LogP contribution >= 0.6 is 11.6 Å². The maximum atomic E-state index is 13.0. The van der Waals surface area contributed by atoms with Gasteiger partial charge in [0, 0.05) is 13.0 Å². The lowest BCUT2D eigenvalue weighted by Crippen LogP contribution is -2.25. The molecule has 2 heterocycles. The Hall–Kier alpha value is -1.83. The van der Waals surface area contributed by atoms with E-state index in [2.05, 4.69) is 9.97 Å². The van der Waals surface area contributed by atoms with Gasteiger partial charge in [0.1, 0.15) is 29.1 Å². The molecule has 0 spiro atoms. The summed E-state index contributed by atoms with van der Waals surface area (Å²) in [6.45, 7) is 1.80. The van der Waals surface area contributed by atoms with Gasteiger partial charge in [-0.15, -0.1) is 0 Å². The Labute approximate surface area is 122 Å². The summed E-state index contributed by atoms with van der Waals surface area (Å²) < 4.78 is 44.7. The molecule has 0 aliphatic heterocycles. The van der Waals surface area contributed by atoms with E-state index >= 15 is 0 Å². The zero-order valence-corrected chi connectivity index (χ0v) is 11.9. The Balaban J connectivity index is 2.58. The number of ether oxygens (including phenoxy) is 1. The number of hydrogen-bond acceptors (Lipinski definition) is 4. The maximum Gasteiger partial charge on any atom is 0.408 e. The molecule has 0 saturated carbocycles. The lowest BCUT2D eigenvalue weighted by Gasteiger charge is -2.20. The summed E-state index contributed by atoms with van der Waals surface area (Å²) in [5.74, 6) is -0.626. The Morgan fingerprint density at radius 1 is 1.52 bits per heavy atom. The van der Waals surface area contributed by atoms with E-state index in [9.17, 15) is 18.0 Å². The molecule has 0 fully saturated rings. The smallest absolute Gasteiger partial charge is 0.408 e. The van der Waals surface area contributed by atoms with Crippen molar-refractivity contribution in [3.8, 4) is 0 Å². The van der Waals surface area contributed by atoms with E-state index in [0.717, 1.165) is 11.5 Å². The third-order valence-corrected chi connectivity index (χ3v) is 3.09. The van der Waals surface area contributed by atoms with E-state index in [4.69, 9.17) is 16.3 Å². The molecule has 1 atom stereocenters. The molecule has 0 unspecified atom stereocenters. The normalized spacial score (nSPS) is 13.4. The summed E-state index contributed by atoms with van der Waals surface area (Å²) in [7, 11) is 0. The molecule has 21 heavy (non-hydrogen) atoms. The van der Waals surface area contributed by atoms with Gasteiger partial charge in [-0.25, -0.2) is 9.97 Å². The molecular weight excluding hydrogens is 311 g/mol. The molecule has 0 amide bonds. The minimum absolute atomic E-state index is 0.0194. The average molecular weight is 322 g/mol. The Morgan fingerprint density at radius 2 is 2.19 bits per heavy atom. The van der Waals surface area contributed by atoms with E-state index in [1.54, 1.807) is 0 Å². The van der Waals surface area contributed by atoms with E-state index in [1.165, 1.54) is 19.2 Å². The van der Waals surface area contributed by atoms with Crippen LogP contribution in [0.1, 0.15) is 25.7 Å². The Bertz CT molecular complexity index is 684. The number of aromatic nitrogens is 3.